The number of hydrogen-bond donors (Lipinski definition) is 1. The topological polar surface area (TPSA) is 58.1 Å². The molecule has 4 rings (SSSR count). The molecular formula is C22H27ClN4OS. The van der Waals surface area contributed by atoms with E-state index in [9.17, 15) is 4.79 Å². The molecule has 1 saturated carbocycles. The molecule has 1 amide bonds. The monoisotopic (exact) mass is 430 g/mol. The Morgan fingerprint density at radius 2 is 1.79 bits per heavy atom. The maximum atomic E-state index is 12.4. The van der Waals surface area contributed by atoms with Crippen LogP contribution in [0.1, 0.15) is 60.9 Å². The van der Waals surface area contributed by atoms with Crippen LogP contribution < -0.4 is 10.2 Å². The number of aromatic nitrogens is 2. The highest BCUT2D eigenvalue weighted by Crippen LogP contribution is 2.26. The van der Waals surface area contributed by atoms with Crippen LogP contribution in [0.25, 0.3) is 0 Å². The first-order chi connectivity index (χ1) is 14.2. The van der Waals surface area contributed by atoms with Gasteiger partial charge >= 0.3 is 0 Å². The number of anilines is 1. The quantitative estimate of drug-likeness (QED) is 0.393. The first-order valence-electron chi connectivity index (χ1n) is 10.5. The van der Waals surface area contributed by atoms with Crippen LogP contribution in [-0.2, 0) is 5.75 Å². The Bertz CT molecular complexity index is 833. The van der Waals surface area contributed by atoms with Crippen molar-refractivity contribution >= 4 is 35.1 Å². The van der Waals surface area contributed by atoms with Gasteiger partial charge in [0.1, 0.15) is 11.0 Å². The molecule has 2 aromatic rings. The van der Waals surface area contributed by atoms with E-state index < -0.39 is 0 Å². The van der Waals surface area contributed by atoms with E-state index in [0.29, 0.717) is 16.4 Å². The number of carbonyl (C=O) groups is 1. The van der Waals surface area contributed by atoms with E-state index in [-0.39, 0.29) is 5.91 Å². The maximum absolute atomic E-state index is 12.4. The van der Waals surface area contributed by atoms with E-state index in [4.69, 9.17) is 11.6 Å². The molecule has 1 aromatic carbocycles. The number of benzene rings is 1. The fraction of sp³-hybridized carbons (Fsp3) is 0.500. The number of nitrogens with one attached hydrogen (secondary N) is 1. The lowest BCUT2D eigenvalue weighted by Gasteiger charge is -2.22. The average Bonchev–Trinajstić information content (AvgIpc) is 3.28. The Balaban J connectivity index is 1.33. The van der Waals surface area contributed by atoms with Gasteiger partial charge in [-0.3, -0.25) is 4.79 Å². The minimum Gasteiger partial charge on any atom is -0.356 e. The van der Waals surface area contributed by atoms with E-state index in [0.717, 1.165) is 48.6 Å². The minimum absolute atomic E-state index is 0.0320. The molecule has 0 atom stereocenters. The summed E-state index contributed by atoms with van der Waals surface area (Å²) in [4.78, 5) is 23.7. The van der Waals surface area contributed by atoms with Crippen LogP contribution in [0.15, 0.2) is 35.5 Å². The second-order valence-corrected chi connectivity index (χ2v) is 9.15. The van der Waals surface area contributed by atoms with Crippen molar-refractivity contribution in [3.05, 3.63) is 46.6 Å². The summed E-state index contributed by atoms with van der Waals surface area (Å²) >= 11 is 7.78. The predicted molar refractivity (Wildman–Crippen MR) is 119 cm³/mol. The van der Waals surface area contributed by atoms with E-state index in [1.165, 1.54) is 32.1 Å². The summed E-state index contributed by atoms with van der Waals surface area (Å²) in [5.41, 5.74) is 1.86. The number of amides is 1. The SMILES string of the molecule is O=C(NC1CCCCC1)c1ccc(CSc2nc(Cl)cc(N3CCCC3)n2)cc1. The van der Waals surface area contributed by atoms with Crippen LogP contribution in [0.3, 0.4) is 0 Å². The molecule has 1 saturated heterocycles. The summed E-state index contributed by atoms with van der Waals surface area (Å²) in [6.07, 6.45) is 8.31. The van der Waals surface area contributed by atoms with Crippen molar-refractivity contribution in [2.75, 3.05) is 18.0 Å². The van der Waals surface area contributed by atoms with Crippen molar-refractivity contribution in [1.82, 2.24) is 15.3 Å². The van der Waals surface area contributed by atoms with Gasteiger partial charge in [-0.2, -0.15) is 0 Å². The summed E-state index contributed by atoms with van der Waals surface area (Å²) in [7, 11) is 0. The van der Waals surface area contributed by atoms with E-state index in [1.54, 1.807) is 11.8 Å². The van der Waals surface area contributed by atoms with Gasteiger partial charge in [-0.1, -0.05) is 54.8 Å². The molecule has 7 heteroatoms. The Labute approximate surface area is 181 Å². The number of carbonyl (C=O) groups excluding carboxylic acids is 1. The predicted octanol–water partition coefficient (Wildman–Crippen LogP) is 5.09. The molecule has 1 aliphatic heterocycles. The van der Waals surface area contributed by atoms with Crippen LogP contribution in [0.4, 0.5) is 5.82 Å². The second kappa shape index (κ2) is 9.81. The van der Waals surface area contributed by atoms with E-state index >= 15 is 0 Å². The zero-order chi connectivity index (χ0) is 20.1. The molecule has 29 heavy (non-hydrogen) atoms. The molecule has 0 radical (unpaired) electrons. The van der Waals surface area contributed by atoms with E-state index in [2.05, 4.69) is 20.2 Å². The molecule has 1 aromatic heterocycles. The van der Waals surface area contributed by atoms with E-state index in [1.807, 2.05) is 30.3 Å². The highest BCUT2D eigenvalue weighted by atomic mass is 35.5. The lowest BCUT2D eigenvalue weighted by atomic mass is 9.95. The number of halogens is 1. The van der Waals surface area contributed by atoms with Crippen LogP contribution >= 0.6 is 23.4 Å². The first kappa shape index (κ1) is 20.5. The maximum Gasteiger partial charge on any atom is 0.251 e. The number of hydrogen-bond acceptors (Lipinski definition) is 5. The Morgan fingerprint density at radius 1 is 1.07 bits per heavy atom. The van der Waals surface area contributed by atoms with Gasteiger partial charge in [0.2, 0.25) is 0 Å². The van der Waals surface area contributed by atoms with Crippen LogP contribution in [0, 0.1) is 0 Å². The third-order valence-electron chi connectivity index (χ3n) is 5.62. The molecule has 5 nitrogen and oxygen atoms in total. The second-order valence-electron chi connectivity index (χ2n) is 7.82. The normalized spacial score (nSPS) is 17.5. The number of thioether (sulfide) groups is 1. The zero-order valence-electron chi connectivity index (χ0n) is 16.6. The summed E-state index contributed by atoms with van der Waals surface area (Å²) in [6.45, 7) is 2.06. The van der Waals surface area contributed by atoms with Crippen molar-refractivity contribution in [3.63, 3.8) is 0 Å². The van der Waals surface area contributed by atoms with Gasteiger partial charge in [-0.25, -0.2) is 9.97 Å². The molecule has 1 aliphatic carbocycles. The van der Waals surface area contributed by atoms with Crippen molar-refractivity contribution in [2.45, 2.75) is 61.9 Å². The largest absolute Gasteiger partial charge is 0.356 e. The molecular weight excluding hydrogens is 404 g/mol. The van der Waals surface area contributed by atoms with Gasteiger partial charge < -0.3 is 10.2 Å². The number of nitrogens with zero attached hydrogens (tertiary/aromatic N) is 3. The molecule has 2 heterocycles. The Morgan fingerprint density at radius 3 is 2.52 bits per heavy atom. The number of rotatable bonds is 6. The van der Waals surface area contributed by atoms with Gasteiger partial charge in [-0.05, 0) is 43.4 Å². The van der Waals surface area contributed by atoms with Crippen LogP contribution in [0.5, 0.6) is 0 Å². The molecule has 2 aliphatic rings. The smallest absolute Gasteiger partial charge is 0.251 e. The fourth-order valence-corrected chi connectivity index (χ4v) is 5.01. The Hall–Kier alpha value is -1.79. The third kappa shape index (κ3) is 5.64. The van der Waals surface area contributed by atoms with Gasteiger partial charge in [0.15, 0.2) is 5.16 Å². The summed E-state index contributed by atoms with van der Waals surface area (Å²) in [6, 6.07) is 10.0. The van der Waals surface area contributed by atoms with Gasteiger partial charge in [0.05, 0.1) is 0 Å². The zero-order valence-corrected chi connectivity index (χ0v) is 18.1. The van der Waals surface area contributed by atoms with Gasteiger partial charge in [0, 0.05) is 36.5 Å². The molecule has 0 bridgehead atoms. The lowest BCUT2D eigenvalue weighted by molar-refractivity contribution is 0.0927. The highest BCUT2D eigenvalue weighted by molar-refractivity contribution is 7.98. The summed E-state index contributed by atoms with van der Waals surface area (Å²) in [5.74, 6) is 1.69. The molecule has 1 N–H and O–H groups in total. The highest BCUT2D eigenvalue weighted by Gasteiger charge is 2.17. The fourth-order valence-electron chi connectivity index (χ4n) is 3.97. The third-order valence-corrected chi connectivity index (χ3v) is 6.73. The molecule has 0 unspecified atom stereocenters. The van der Waals surface area contributed by atoms with Crippen molar-refractivity contribution in [2.24, 2.45) is 0 Å². The molecule has 154 valence electrons. The van der Waals surface area contributed by atoms with Gasteiger partial charge in [0.25, 0.3) is 5.91 Å². The van der Waals surface area contributed by atoms with Crippen LogP contribution in [-0.4, -0.2) is 35.0 Å². The molecule has 2 fully saturated rings. The summed E-state index contributed by atoms with van der Waals surface area (Å²) in [5, 5.41) is 4.35. The standard InChI is InChI=1S/C22H27ClN4OS/c23-19-14-20(27-12-4-5-13-27)26-22(25-19)29-15-16-8-10-17(11-9-16)21(28)24-18-6-2-1-3-7-18/h8-11,14,18H,1-7,12-13,15H2,(H,24,28). The van der Waals surface area contributed by atoms with Crippen molar-refractivity contribution in [3.8, 4) is 0 Å². The van der Waals surface area contributed by atoms with Crippen molar-refractivity contribution < 1.29 is 4.79 Å². The minimum atomic E-state index is 0.0320. The van der Waals surface area contributed by atoms with Crippen LogP contribution in [0.2, 0.25) is 5.15 Å². The summed E-state index contributed by atoms with van der Waals surface area (Å²) < 4.78 is 0. The molecule has 0 spiro atoms. The van der Waals surface area contributed by atoms with Crippen molar-refractivity contribution in [1.29, 1.82) is 0 Å². The Kier molecular flexibility index (Phi) is 6.93. The lowest BCUT2D eigenvalue weighted by Crippen LogP contribution is -2.36. The van der Waals surface area contributed by atoms with Gasteiger partial charge in [-0.15, -0.1) is 0 Å². The first-order valence-corrected chi connectivity index (χ1v) is 11.9. The average molecular weight is 431 g/mol.